The van der Waals surface area contributed by atoms with Crippen molar-refractivity contribution in [3.05, 3.63) is 94.5 Å². The molecule has 1 amide bonds. The Hall–Kier alpha value is -2.92. The van der Waals surface area contributed by atoms with Gasteiger partial charge in [0.05, 0.1) is 11.5 Å². The fraction of sp³-hybridized carbons (Fsp3) is 0.280. The number of carbonyl (C=O) groups is 1. The number of rotatable bonds is 8. The highest BCUT2D eigenvalue weighted by molar-refractivity contribution is 7.12. The Morgan fingerprint density at radius 3 is 2.47 bits per heavy atom. The highest BCUT2D eigenvalue weighted by atomic mass is 32.1. The maximum Gasteiger partial charge on any atom is 0.264 e. The second-order valence-corrected chi connectivity index (χ2v) is 8.55. The predicted molar refractivity (Wildman–Crippen MR) is 121 cm³/mol. The molecule has 154 valence electrons. The first kappa shape index (κ1) is 20.4. The standard InChI is InChI=1S/C25H26N2O2S/c28-25(24-7-4-16-30-24)27(18-21-12-14-26-15-13-21)17-20-8-10-23(11-9-20)29-19-22-5-2-1-3-6-22/h1-2,4,7-16,22H,3,5-6,17-19H2. The highest BCUT2D eigenvalue weighted by Gasteiger charge is 2.18. The van der Waals surface area contributed by atoms with Crippen LogP contribution in [-0.4, -0.2) is 22.4 Å². The molecule has 30 heavy (non-hydrogen) atoms. The Kier molecular flexibility index (Phi) is 6.93. The second-order valence-electron chi connectivity index (χ2n) is 7.60. The lowest BCUT2D eigenvalue weighted by molar-refractivity contribution is 0.0735. The first-order valence-corrected chi connectivity index (χ1v) is 11.2. The van der Waals surface area contributed by atoms with Gasteiger partial charge in [-0.15, -0.1) is 11.3 Å². The lowest BCUT2D eigenvalue weighted by Gasteiger charge is -2.23. The number of ether oxygens (including phenoxy) is 1. The molecule has 1 aliphatic carbocycles. The van der Waals surface area contributed by atoms with Crippen molar-refractivity contribution in [1.82, 2.24) is 9.88 Å². The smallest absolute Gasteiger partial charge is 0.264 e. The molecule has 1 unspecified atom stereocenters. The van der Waals surface area contributed by atoms with Gasteiger partial charge in [-0.3, -0.25) is 9.78 Å². The fourth-order valence-corrected chi connectivity index (χ4v) is 4.29. The van der Waals surface area contributed by atoms with Gasteiger partial charge in [-0.1, -0.05) is 30.4 Å². The lowest BCUT2D eigenvalue weighted by Crippen LogP contribution is -2.29. The summed E-state index contributed by atoms with van der Waals surface area (Å²) in [5.41, 5.74) is 2.15. The van der Waals surface area contributed by atoms with Crippen molar-refractivity contribution in [2.75, 3.05) is 6.61 Å². The molecule has 0 bridgehead atoms. The topological polar surface area (TPSA) is 42.4 Å². The highest BCUT2D eigenvalue weighted by Crippen LogP contribution is 2.22. The summed E-state index contributed by atoms with van der Waals surface area (Å²) in [5, 5.41) is 1.94. The molecule has 4 rings (SSSR count). The Balaban J connectivity index is 1.41. The minimum atomic E-state index is 0.0486. The van der Waals surface area contributed by atoms with Gasteiger partial charge in [-0.2, -0.15) is 0 Å². The summed E-state index contributed by atoms with van der Waals surface area (Å²) in [6.07, 6.45) is 11.5. The first-order valence-electron chi connectivity index (χ1n) is 10.4. The molecule has 2 aromatic heterocycles. The van der Waals surface area contributed by atoms with Crippen LogP contribution in [0.1, 0.15) is 40.1 Å². The van der Waals surface area contributed by atoms with Crippen LogP contribution in [0.5, 0.6) is 5.75 Å². The van der Waals surface area contributed by atoms with E-state index in [-0.39, 0.29) is 5.91 Å². The molecular formula is C25H26N2O2S. The summed E-state index contributed by atoms with van der Waals surface area (Å²) in [7, 11) is 0. The second kappa shape index (κ2) is 10.2. The van der Waals surface area contributed by atoms with E-state index in [2.05, 4.69) is 29.3 Å². The van der Waals surface area contributed by atoms with Gasteiger partial charge in [0, 0.05) is 25.5 Å². The SMILES string of the molecule is O=C(c1cccs1)N(Cc1ccncc1)Cc1ccc(OCC2CC=CCC2)cc1. The third kappa shape index (κ3) is 5.57. The number of benzene rings is 1. The molecule has 1 aliphatic rings. The normalized spacial score (nSPS) is 15.7. The molecule has 3 aromatic rings. The van der Waals surface area contributed by atoms with Crippen molar-refractivity contribution < 1.29 is 9.53 Å². The van der Waals surface area contributed by atoms with Gasteiger partial charge in [0.25, 0.3) is 5.91 Å². The van der Waals surface area contributed by atoms with E-state index < -0.39 is 0 Å². The van der Waals surface area contributed by atoms with E-state index >= 15 is 0 Å². The molecule has 2 heterocycles. The number of hydrogen-bond donors (Lipinski definition) is 0. The van der Waals surface area contributed by atoms with Gasteiger partial charge in [-0.05, 0) is 72.0 Å². The third-order valence-electron chi connectivity index (χ3n) is 5.30. The maximum atomic E-state index is 13.0. The molecule has 4 nitrogen and oxygen atoms in total. The molecule has 0 radical (unpaired) electrons. The van der Waals surface area contributed by atoms with Crippen molar-refractivity contribution in [2.24, 2.45) is 5.92 Å². The van der Waals surface area contributed by atoms with Crippen LogP contribution in [0.15, 0.2) is 78.5 Å². The lowest BCUT2D eigenvalue weighted by atomic mass is 9.95. The van der Waals surface area contributed by atoms with E-state index in [1.165, 1.54) is 17.8 Å². The first-order chi connectivity index (χ1) is 14.8. The number of amides is 1. The zero-order valence-corrected chi connectivity index (χ0v) is 17.8. The van der Waals surface area contributed by atoms with Crippen LogP contribution in [0.4, 0.5) is 0 Å². The van der Waals surface area contributed by atoms with Crippen LogP contribution >= 0.6 is 11.3 Å². The van der Waals surface area contributed by atoms with Crippen molar-refractivity contribution in [1.29, 1.82) is 0 Å². The molecule has 0 fully saturated rings. The van der Waals surface area contributed by atoms with Crippen molar-refractivity contribution in [2.45, 2.75) is 32.4 Å². The summed E-state index contributed by atoms with van der Waals surface area (Å²) in [5.74, 6) is 1.54. The van der Waals surface area contributed by atoms with E-state index in [0.29, 0.717) is 19.0 Å². The number of carbonyl (C=O) groups excluding carboxylic acids is 1. The van der Waals surface area contributed by atoms with Gasteiger partial charge >= 0.3 is 0 Å². The predicted octanol–water partition coefficient (Wildman–Crippen LogP) is 5.72. The third-order valence-corrected chi connectivity index (χ3v) is 6.16. The zero-order chi connectivity index (χ0) is 20.6. The van der Waals surface area contributed by atoms with Gasteiger partial charge in [0.2, 0.25) is 0 Å². The molecule has 0 aliphatic heterocycles. The molecule has 0 N–H and O–H groups in total. The van der Waals surface area contributed by atoms with Gasteiger partial charge in [0.1, 0.15) is 5.75 Å². The summed E-state index contributed by atoms with van der Waals surface area (Å²) >= 11 is 1.47. The molecule has 0 spiro atoms. The monoisotopic (exact) mass is 418 g/mol. The van der Waals surface area contributed by atoms with Gasteiger partial charge in [-0.25, -0.2) is 0 Å². The Morgan fingerprint density at radius 2 is 1.80 bits per heavy atom. The van der Waals surface area contributed by atoms with Gasteiger partial charge in [0.15, 0.2) is 0 Å². The Morgan fingerprint density at radius 1 is 1.03 bits per heavy atom. The molecule has 0 saturated carbocycles. The summed E-state index contributed by atoms with van der Waals surface area (Å²) in [6, 6.07) is 15.8. The van der Waals surface area contributed by atoms with E-state index in [0.717, 1.165) is 41.2 Å². The Bertz CT molecular complexity index is 953. The van der Waals surface area contributed by atoms with Crippen molar-refractivity contribution in [3.63, 3.8) is 0 Å². The largest absolute Gasteiger partial charge is 0.493 e. The minimum Gasteiger partial charge on any atom is -0.493 e. The number of thiophene rings is 1. The van der Waals surface area contributed by atoms with E-state index in [1.54, 1.807) is 12.4 Å². The molecule has 1 atom stereocenters. The van der Waals surface area contributed by atoms with Gasteiger partial charge < -0.3 is 9.64 Å². The molecule has 1 aromatic carbocycles. The van der Waals surface area contributed by atoms with E-state index in [1.807, 2.05) is 46.7 Å². The molecule has 5 heteroatoms. The van der Waals surface area contributed by atoms with E-state index in [9.17, 15) is 4.79 Å². The summed E-state index contributed by atoms with van der Waals surface area (Å²) in [4.78, 5) is 19.8. The van der Waals surface area contributed by atoms with Crippen LogP contribution in [0.2, 0.25) is 0 Å². The summed E-state index contributed by atoms with van der Waals surface area (Å²) in [6.45, 7) is 1.86. The van der Waals surface area contributed by atoms with Crippen LogP contribution < -0.4 is 4.74 Å². The van der Waals surface area contributed by atoms with Crippen LogP contribution in [0, 0.1) is 5.92 Å². The van der Waals surface area contributed by atoms with Crippen LogP contribution in [-0.2, 0) is 13.1 Å². The average Bonchev–Trinajstić information content (AvgIpc) is 3.34. The number of nitrogens with zero attached hydrogens (tertiary/aromatic N) is 2. The van der Waals surface area contributed by atoms with Crippen LogP contribution in [0.3, 0.4) is 0 Å². The summed E-state index contributed by atoms with van der Waals surface area (Å²) < 4.78 is 5.99. The zero-order valence-electron chi connectivity index (χ0n) is 16.9. The fourth-order valence-electron chi connectivity index (χ4n) is 3.60. The minimum absolute atomic E-state index is 0.0486. The van der Waals surface area contributed by atoms with E-state index in [4.69, 9.17) is 4.74 Å². The molecule has 0 saturated heterocycles. The number of hydrogen-bond acceptors (Lipinski definition) is 4. The maximum absolute atomic E-state index is 13.0. The average molecular weight is 419 g/mol. The van der Waals surface area contributed by atoms with Crippen molar-refractivity contribution in [3.8, 4) is 5.75 Å². The number of allylic oxidation sites excluding steroid dienone is 2. The Labute approximate surface area is 181 Å². The molecular weight excluding hydrogens is 392 g/mol. The quantitative estimate of drug-likeness (QED) is 0.439. The number of aromatic nitrogens is 1. The number of pyridine rings is 1. The van der Waals surface area contributed by atoms with Crippen molar-refractivity contribution >= 4 is 17.2 Å². The van der Waals surface area contributed by atoms with Crippen LogP contribution in [0.25, 0.3) is 0 Å².